The molecule has 112 valence electrons. The molecule has 4 nitrogen and oxygen atoms in total. The molecule has 3 rings (SSSR count). The first kappa shape index (κ1) is 14.2. The molecule has 1 N–H and O–H groups in total. The van der Waals surface area contributed by atoms with Crippen molar-refractivity contribution in [3.63, 3.8) is 0 Å². The van der Waals surface area contributed by atoms with E-state index in [1.54, 1.807) is 11.3 Å². The van der Waals surface area contributed by atoms with E-state index in [0.29, 0.717) is 12.6 Å². The van der Waals surface area contributed by atoms with E-state index < -0.39 is 0 Å². The van der Waals surface area contributed by atoms with Crippen molar-refractivity contribution in [2.45, 2.75) is 39.8 Å². The van der Waals surface area contributed by atoms with Crippen LogP contribution < -0.4 is 14.8 Å². The largest absolute Gasteiger partial charge is 0.485 e. The summed E-state index contributed by atoms with van der Waals surface area (Å²) in [5.74, 6) is 1.63. The molecule has 0 radical (unpaired) electrons. The predicted molar refractivity (Wildman–Crippen MR) is 85.7 cm³/mol. The topological polar surface area (TPSA) is 43.4 Å². The van der Waals surface area contributed by atoms with Gasteiger partial charge < -0.3 is 14.8 Å². The molecule has 0 aliphatic carbocycles. The monoisotopic (exact) mass is 304 g/mol. The highest BCUT2D eigenvalue weighted by molar-refractivity contribution is 7.13. The molecule has 1 atom stereocenters. The minimum Gasteiger partial charge on any atom is -0.485 e. The number of rotatable bonds is 3. The zero-order valence-electron chi connectivity index (χ0n) is 12.8. The Kier molecular flexibility index (Phi) is 3.76. The van der Waals surface area contributed by atoms with Crippen LogP contribution in [0.2, 0.25) is 0 Å². The van der Waals surface area contributed by atoms with Gasteiger partial charge in [0.2, 0.25) is 0 Å². The zero-order valence-corrected chi connectivity index (χ0v) is 13.6. The molecular formula is C16H20N2O2S. The third-order valence-corrected chi connectivity index (χ3v) is 4.28. The van der Waals surface area contributed by atoms with Crippen LogP contribution in [0.5, 0.6) is 11.5 Å². The average molecular weight is 304 g/mol. The molecule has 1 aliphatic heterocycles. The van der Waals surface area contributed by atoms with Gasteiger partial charge in [-0.15, -0.1) is 11.3 Å². The lowest BCUT2D eigenvalue weighted by Gasteiger charge is -2.26. The number of benzene rings is 1. The SMILES string of the molecule is Cc1cc2c(cc1C)OC(c1csc(NC(C)C)n1)CO2. The van der Waals surface area contributed by atoms with Crippen molar-refractivity contribution in [2.24, 2.45) is 0 Å². The van der Waals surface area contributed by atoms with Crippen LogP contribution in [0.1, 0.15) is 36.8 Å². The molecule has 0 bridgehead atoms. The minimum atomic E-state index is -0.140. The van der Waals surface area contributed by atoms with Crippen molar-refractivity contribution >= 4 is 16.5 Å². The molecule has 0 saturated heterocycles. The molecule has 21 heavy (non-hydrogen) atoms. The molecule has 1 aliphatic rings. The normalized spacial score (nSPS) is 17.1. The number of thiazole rings is 1. The fourth-order valence-electron chi connectivity index (χ4n) is 2.21. The number of hydrogen-bond donors (Lipinski definition) is 1. The molecule has 1 aromatic heterocycles. The number of aryl methyl sites for hydroxylation is 2. The third kappa shape index (κ3) is 2.97. The lowest BCUT2D eigenvalue weighted by Crippen LogP contribution is -2.22. The molecule has 5 heteroatoms. The van der Waals surface area contributed by atoms with Gasteiger partial charge in [0.05, 0.1) is 5.69 Å². The van der Waals surface area contributed by atoms with Gasteiger partial charge in [-0.1, -0.05) is 0 Å². The zero-order chi connectivity index (χ0) is 15.0. The lowest BCUT2D eigenvalue weighted by atomic mass is 10.1. The first-order valence-electron chi connectivity index (χ1n) is 7.15. The van der Waals surface area contributed by atoms with Gasteiger partial charge in [-0.25, -0.2) is 4.98 Å². The Morgan fingerprint density at radius 1 is 1.24 bits per heavy atom. The molecule has 0 fully saturated rings. The highest BCUT2D eigenvalue weighted by Gasteiger charge is 2.25. The Morgan fingerprint density at radius 3 is 2.67 bits per heavy atom. The van der Waals surface area contributed by atoms with Crippen molar-refractivity contribution < 1.29 is 9.47 Å². The summed E-state index contributed by atoms with van der Waals surface area (Å²) in [5, 5.41) is 6.27. The highest BCUT2D eigenvalue weighted by atomic mass is 32.1. The van der Waals surface area contributed by atoms with Gasteiger partial charge in [0, 0.05) is 11.4 Å². The Hall–Kier alpha value is -1.75. The van der Waals surface area contributed by atoms with E-state index in [9.17, 15) is 0 Å². The van der Waals surface area contributed by atoms with Crippen LogP contribution in [0.4, 0.5) is 5.13 Å². The van der Waals surface area contributed by atoms with E-state index in [1.165, 1.54) is 11.1 Å². The van der Waals surface area contributed by atoms with Crippen LogP contribution in [-0.4, -0.2) is 17.6 Å². The first-order valence-corrected chi connectivity index (χ1v) is 8.03. The van der Waals surface area contributed by atoms with E-state index in [1.807, 2.05) is 17.5 Å². The maximum Gasteiger partial charge on any atom is 0.183 e. The van der Waals surface area contributed by atoms with Gasteiger partial charge in [0.25, 0.3) is 0 Å². The maximum absolute atomic E-state index is 6.06. The van der Waals surface area contributed by atoms with Crippen LogP contribution >= 0.6 is 11.3 Å². The number of anilines is 1. The van der Waals surface area contributed by atoms with E-state index in [-0.39, 0.29) is 6.10 Å². The molecule has 0 amide bonds. The van der Waals surface area contributed by atoms with Gasteiger partial charge in [0.15, 0.2) is 22.7 Å². The Balaban J connectivity index is 1.79. The van der Waals surface area contributed by atoms with E-state index in [4.69, 9.17) is 9.47 Å². The summed E-state index contributed by atoms with van der Waals surface area (Å²) in [4.78, 5) is 4.59. The molecule has 0 spiro atoms. The average Bonchev–Trinajstić information content (AvgIpc) is 2.87. The summed E-state index contributed by atoms with van der Waals surface area (Å²) in [6.45, 7) is 8.86. The molecule has 0 saturated carbocycles. The van der Waals surface area contributed by atoms with Crippen molar-refractivity contribution in [1.29, 1.82) is 0 Å². The van der Waals surface area contributed by atoms with E-state index >= 15 is 0 Å². The van der Waals surface area contributed by atoms with Crippen molar-refractivity contribution in [3.05, 3.63) is 34.3 Å². The van der Waals surface area contributed by atoms with Gasteiger partial charge in [-0.05, 0) is 51.0 Å². The number of nitrogens with zero attached hydrogens (tertiary/aromatic N) is 1. The molecule has 1 unspecified atom stereocenters. The maximum atomic E-state index is 6.06. The quantitative estimate of drug-likeness (QED) is 0.927. The summed E-state index contributed by atoms with van der Waals surface area (Å²) in [7, 11) is 0. The molecular weight excluding hydrogens is 284 g/mol. The number of ether oxygens (including phenoxy) is 2. The van der Waals surface area contributed by atoms with E-state index in [0.717, 1.165) is 22.3 Å². The van der Waals surface area contributed by atoms with Crippen LogP contribution in [-0.2, 0) is 0 Å². The smallest absolute Gasteiger partial charge is 0.183 e. The predicted octanol–water partition coefficient (Wildman–Crippen LogP) is 4.09. The second kappa shape index (κ2) is 5.56. The Bertz CT molecular complexity index is 652. The summed E-state index contributed by atoms with van der Waals surface area (Å²) in [6, 6.07) is 4.45. The lowest BCUT2D eigenvalue weighted by molar-refractivity contribution is 0.0886. The summed E-state index contributed by atoms with van der Waals surface area (Å²) in [6.07, 6.45) is -0.140. The highest BCUT2D eigenvalue weighted by Crippen LogP contribution is 2.38. The Morgan fingerprint density at radius 2 is 1.95 bits per heavy atom. The van der Waals surface area contributed by atoms with Crippen LogP contribution in [0.25, 0.3) is 0 Å². The van der Waals surface area contributed by atoms with Gasteiger partial charge in [0.1, 0.15) is 6.61 Å². The van der Waals surface area contributed by atoms with Crippen molar-refractivity contribution in [1.82, 2.24) is 4.98 Å². The fourth-order valence-corrected chi connectivity index (χ4v) is 3.11. The van der Waals surface area contributed by atoms with Crippen LogP contribution in [0.3, 0.4) is 0 Å². The third-order valence-electron chi connectivity index (χ3n) is 3.48. The van der Waals surface area contributed by atoms with Crippen LogP contribution in [0.15, 0.2) is 17.5 Å². The standard InChI is InChI=1S/C16H20N2O2S/c1-9(2)17-16-18-12(8-21-16)15-7-19-13-5-10(3)11(4)6-14(13)20-15/h5-6,8-9,15H,7H2,1-4H3,(H,17,18). The molecule has 2 aromatic rings. The van der Waals surface area contributed by atoms with Gasteiger partial charge >= 0.3 is 0 Å². The number of hydrogen-bond acceptors (Lipinski definition) is 5. The molecule has 2 heterocycles. The van der Waals surface area contributed by atoms with Gasteiger partial charge in [-0.2, -0.15) is 0 Å². The number of aromatic nitrogens is 1. The second-order valence-electron chi connectivity index (χ2n) is 5.68. The van der Waals surface area contributed by atoms with E-state index in [2.05, 4.69) is 38.0 Å². The first-order chi connectivity index (χ1) is 10.0. The van der Waals surface area contributed by atoms with Crippen molar-refractivity contribution in [2.75, 3.05) is 11.9 Å². The summed E-state index contributed by atoms with van der Waals surface area (Å²) < 4.78 is 11.9. The van der Waals surface area contributed by atoms with Crippen LogP contribution in [0, 0.1) is 13.8 Å². The Labute approximate surface area is 129 Å². The second-order valence-corrected chi connectivity index (χ2v) is 6.54. The van der Waals surface area contributed by atoms with Crippen molar-refractivity contribution in [3.8, 4) is 11.5 Å². The number of fused-ring (bicyclic) bond motifs is 1. The minimum absolute atomic E-state index is 0.140. The fraction of sp³-hybridized carbons (Fsp3) is 0.438. The van der Waals surface area contributed by atoms with Gasteiger partial charge in [-0.3, -0.25) is 0 Å². The summed E-state index contributed by atoms with van der Waals surface area (Å²) >= 11 is 1.60. The number of nitrogens with one attached hydrogen (secondary N) is 1. The summed E-state index contributed by atoms with van der Waals surface area (Å²) in [5.41, 5.74) is 3.35. The molecule has 1 aromatic carbocycles.